The van der Waals surface area contributed by atoms with Crippen molar-refractivity contribution >= 4 is 5.91 Å². The van der Waals surface area contributed by atoms with Crippen molar-refractivity contribution in [3.05, 3.63) is 65.2 Å². The SMILES string of the molecule is CCc1ccc(CCC(=O)N(C)Cc2ccc(OC(F)F)cc2)cc1. The van der Waals surface area contributed by atoms with Crippen molar-refractivity contribution in [2.75, 3.05) is 7.05 Å². The van der Waals surface area contributed by atoms with Crippen LogP contribution in [0.3, 0.4) is 0 Å². The number of amides is 1. The van der Waals surface area contributed by atoms with Crippen LogP contribution in [-0.4, -0.2) is 24.5 Å². The van der Waals surface area contributed by atoms with E-state index < -0.39 is 6.61 Å². The van der Waals surface area contributed by atoms with Gasteiger partial charge in [0.2, 0.25) is 5.91 Å². The van der Waals surface area contributed by atoms with E-state index in [0.29, 0.717) is 19.4 Å². The molecule has 0 unspecified atom stereocenters. The van der Waals surface area contributed by atoms with Gasteiger partial charge in [0.15, 0.2) is 0 Å². The summed E-state index contributed by atoms with van der Waals surface area (Å²) < 4.78 is 28.6. The van der Waals surface area contributed by atoms with Crippen LogP contribution in [0.15, 0.2) is 48.5 Å². The quantitative estimate of drug-likeness (QED) is 0.706. The summed E-state index contributed by atoms with van der Waals surface area (Å²) in [4.78, 5) is 13.9. The molecule has 0 aliphatic carbocycles. The lowest BCUT2D eigenvalue weighted by atomic mass is 10.1. The van der Waals surface area contributed by atoms with Gasteiger partial charge in [0.1, 0.15) is 5.75 Å². The monoisotopic (exact) mass is 347 g/mol. The van der Waals surface area contributed by atoms with Crippen LogP contribution in [0.25, 0.3) is 0 Å². The van der Waals surface area contributed by atoms with Gasteiger partial charge in [0, 0.05) is 20.0 Å². The molecule has 0 bridgehead atoms. The Kier molecular flexibility index (Phi) is 6.92. The van der Waals surface area contributed by atoms with Crippen LogP contribution in [0.1, 0.15) is 30.0 Å². The van der Waals surface area contributed by atoms with Gasteiger partial charge in [-0.2, -0.15) is 8.78 Å². The summed E-state index contributed by atoms with van der Waals surface area (Å²) in [7, 11) is 1.74. The van der Waals surface area contributed by atoms with Gasteiger partial charge in [0.25, 0.3) is 0 Å². The van der Waals surface area contributed by atoms with Crippen LogP contribution >= 0.6 is 0 Å². The zero-order valence-corrected chi connectivity index (χ0v) is 14.5. The van der Waals surface area contributed by atoms with Crippen LogP contribution in [0, 0.1) is 0 Å². The molecule has 134 valence electrons. The molecule has 25 heavy (non-hydrogen) atoms. The third kappa shape index (κ3) is 6.18. The van der Waals surface area contributed by atoms with Crippen LogP contribution in [-0.2, 0) is 24.2 Å². The van der Waals surface area contributed by atoms with Gasteiger partial charge >= 0.3 is 6.61 Å². The molecule has 0 heterocycles. The number of halogens is 2. The standard InChI is InChI=1S/C20H23F2NO2/c1-3-15-4-6-16(7-5-15)10-13-19(24)23(2)14-17-8-11-18(12-9-17)25-20(21)22/h4-9,11-12,20H,3,10,13-14H2,1-2H3. The van der Waals surface area contributed by atoms with E-state index in [0.717, 1.165) is 17.5 Å². The van der Waals surface area contributed by atoms with E-state index in [9.17, 15) is 13.6 Å². The lowest BCUT2D eigenvalue weighted by molar-refractivity contribution is -0.130. The number of hydrogen-bond donors (Lipinski definition) is 0. The maximum absolute atomic E-state index is 12.3. The van der Waals surface area contributed by atoms with Gasteiger partial charge in [0.05, 0.1) is 0 Å². The predicted octanol–water partition coefficient (Wildman–Crippen LogP) is 4.44. The average Bonchev–Trinajstić information content (AvgIpc) is 2.61. The van der Waals surface area contributed by atoms with Crippen molar-refractivity contribution in [2.45, 2.75) is 39.3 Å². The summed E-state index contributed by atoms with van der Waals surface area (Å²) in [6.07, 6.45) is 2.14. The second-order valence-corrected chi connectivity index (χ2v) is 5.94. The first kappa shape index (κ1) is 18.9. The third-order valence-corrected chi connectivity index (χ3v) is 4.05. The van der Waals surface area contributed by atoms with E-state index in [1.54, 1.807) is 24.1 Å². The maximum atomic E-state index is 12.3. The van der Waals surface area contributed by atoms with E-state index >= 15 is 0 Å². The Morgan fingerprint density at radius 1 is 1.00 bits per heavy atom. The van der Waals surface area contributed by atoms with Crippen molar-refractivity contribution < 1.29 is 18.3 Å². The first-order chi connectivity index (χ1) is 12.0. The molecule has 0 fully saturated rings. The largest absolute Gasteiger partial charge is 0.435 e. The summed E-state index contributed by atoms with van der Waals surface area (Å²) in [5.41, 5.74) is 3.30. The van der Waals surface area contributed by atoms with Gasteiger partial charge in [-0.05, 0) is 41.7 Å². The number of aryl methyl sites for hydroxylation is 2. The smallest absolute Gasteiger partial charge is 0.387 e. The Balaban J connectivity index is 1.82. The molecule has 3 nitrogen and oxygen atoms in total. The van der Waals surface area contributed by atoms with Crippen molar-refractivity contribution in [2.24, 2.45) is 0 Å². The van der Waals surface area contributed by atoms with Crippen LogP contribution in [0.5, 0.6) is 5.75 Å². The Labute approximate surface area is 147 Å². The molecule has 0 spiro atoms. The molecule has 0 atom stereocenters. The van der Waals surface area contributed by atoms with Crippen LogP contribution in [0.4, 0.5) is 8.78 Å². The molecule has 0 saturated carbocycles. The zero-order valence-electron chi connectivity index (χ0n) is 14.5. The molecule has 1 amide bonds. The Hall–Kier alpha value is -2.43. The molecule has 2 rings (SSSR count). The lowest BCUT2D eigenvalue weighted by Gasteiger charge is -2.17. The number of nitrogens with zero attached hydrogens (tertiary/aromatic N) is 1. The number of benzene rings is 2. The molecule has 0 aromatic heterocycles. The molecule has 2 aromatic carbocycles. The average molecular weight is 347 g/mol. The minimum atomic E-state index is -2.83. The Morgan fingerprint density at radius 2 is 1.56 bits per heavy atom. The van der Waals surface area contributed by atoms with E-state index in [1.807, 2.05) is 0 Å². The number of carbonyl (C=O) groups is 1. The molecule has 0 radical (unpaired) electrons. The normalized spacial score (nSPS) is 10.8. The number of ether oxygens (including phenoxy) is 1. The highest BCUT2D eigenvalue weighted by Crippen LogP contribution is 2.16. The first-order valence-corrected chi connectivity index (χ1v) is 8.33. The van der Waals surface area contributed by atoms with Gasteiger partial charge in [-0.25, -0.2) is 0 Å². The van der Waals surface area contributed by atoms with Gasteiger partial charge < -0.3 is 9.64 Å². The van der Waals surface area contributed by atoms with Gasteiger partial charge in [-0.1, -0.05) is 43.3 Å². The molecular weight excluding hydrogens is 324 g/mol. The summed E-state index contributed by atoms with van der Waals surface area (Å²) >= 11 is 0. The van der Waals surface area contributed by atoms with Crippen molar-refractivity contribution in [3.8, 4) is 5.75 Å². The van der Waals surface area contributed by atoms with E-state index in [2.05, 4.69) is 35.9 Å². The summed E-state index contributed by atoms with van der Waals surface area (Å²) in [5.74, 6) is 0.163. The minimum Gasteiger partial charge on any atom is -0.435 e. The number of hydrogen-bond acceptors (Lipinski definition) is 2. The summed E-state index contributed by atoms with van der Waals surface area (Å²) in [5, 5.41) is 0. The van der Waals surface area contributed by atoms with Crippen molar-refractivity contribution in [1.82, 2.24) is 4.90 Å². The fourth-order valence-electron chi connectivity index (χ4n) is 2.52. The second-order valence-electron chi connectivity index (χ2n) is 5.94. The topological polar surface area (TPSA) is 29.5 Å². The lowest BCUT2D eigenvalue weighted by Crippen LogP contribution is -2.26. The summed E-state index contributed by atoms with van der Waals surface area (Å²) in [6.45, 7) is -0.288. The molecular formula is C20H23F2NO2. The minimum absolute atomic E-state index is 0.0486. The highest BCUT2D eigenvalue weighted by atomic mass is 19.3. The highest BCUT2D eigenvalue weighted by molar-refractivity contribution is 5.76. The number of alkyl halides is 2. The van der Waals surface area contributed by atoms with Crippen LogP contribution in [0.2, 0.25) is 0 Å². The molecule has 0 aliphatic rings. The number of carbonyl (C=O) groups excluding carboxylic acids is 1. The van der Waals surface area contributed by atoms with Gasteiger partial charge in [-0.15, -0.1) is 0 Å². The molecule has 0 N–H and O–H groups in total. The van der Waals surface area contributed by atoms with E-state index in [1.165, 1.54) is 17.7 Å². The molecule has 2 aromatic rings. The molecule has 5 heteroatoms. The predicted molar refractivity (Wildman–Crippen MR) is 93.7 cm³/mol. The Bertz CT molecular complexity index is 669. The van der Waals surface area contributed by atoms with Gasteiger partial charge in [-0.3, -0.25) is 4.79 Å². The fourth-order valence-corrected chi connectivity index (χ4v) is 2.52. The summed E-state index contributed by atoms with van der Waals surface area (Å²) in [6, 6.07) is 14.6. The number of rotatable bonds is 8. The highest BCUT2D eigenvalue weighted by Gasteiger charge is 2.10. The zero-order chi connectivity index (χ0) is 18.2. The second kappa shape index (κ2) is 9.16. The molecule has 0 saturated heterocycles. The third-order valence-electron chi connectivity index (χ3n) is 4.05. The Morgan fingerprint density at radius 3 is 2.12 bits per heavy atom. The van der Waals surface area contributed by atoms with Crippen LogP contribution < -0.4 is 4.74 Å². The maximum Gasteiger partial charge on any atom is 0.387 e. The van der Waals surface area contributed by atoms with E-state index in [4.69, 9.17) is 0 Å². The fraction of sp³-hybridized carbons (Fsp3) is 0.350. The molecule has 0 aliphatic heterocycles. The first-order valence-electron chi connectivity index (χ1n) is 8.33. The van der Waals surface area contributed by atoms with Crippen molar-refractivity contribution in [1.29, 1.82) is 0 Å². The van der Waals surface area contributed by atoms with Crippen molar-refractivity contribution in [3.63, 3.8) is 0 Å². The van der Waals surface area contributed by atoms with E-state index in [-0.39, 0.29) is 11.7 Å².